The normalized spacial score (nSPS) is 12.0. The Hall–Kier alpha value is -0.0900. The first kappa shape index (κ1) is 19.0. The van der Waals surface area contributed by atoms with Crippen LogP contribution in [-0.2, 0) is 9.59 Å². The molecule has 0 fully saturated rings. The number of amides is 1. The maximum atomic E-state index is 11.8. The molecule has 0 aliphatic heterocycles. The molecule has 0 spiro atoms. The number of halogens is 3. The number of nitrogens with one attached hydrogen (secondary N) is 1. The number of carbonyl (C=O) groups is 2. The van der Waals surface area contributed by atoms with E-state index >= 15 is 0 Å². The molecule has 116 valence electrons. The van der Waals surface area contributed by atoms with E-state index in [1.54, 1.807) is 0 Å². The zero-order chi connectivity index (χ0) is 16.0. The summed E-state index contributed by atoms with van der Waals surface area (Å²) in [5, 5.41) is 11.4. The van der Waals surface area contributed by atoms with Crippen molar-refractivity contribution in [3.8, 4) is 0 Å². The van der Waals surface area contributed by atoms with Crippen LogP contribution in [0.15, 0.2) is 25.6 Å². The van der Waals surface area contributed by atoms with E-state index in [0.29, 0.717) is 17.9 Å². The molecule has 1 atom stereocenters. The lowest BCUT2D eigenvalue weighted by atomic mass is 10.2. The molecule has 1 aromatic carbocycles. The molecule has 0 aliphatic carbocycles. The van der Waals surface area contributed by atoms with E-state index in [-0.39, 0.29) is 11.7 Å². The third-order valence-corrected chi connectivity index (χ3v) is 5.09. The molecular weight excluding hydrogens is 492 g/mol. The Morgan fingerprint density at radius 1 is 1.29 bits per heavy atom. The Balaban J connectivity index is 2.43. The van der Waals surface area contributed by atoms with Gasteiger partial charge in [-0.15, -0.1) is 0 Å². The minimum Gasteiger partial charge on any atom is -0.480 e. The van der Waals surface area contributed by atoms with Gasteiger partial charge in [-0.1, -0.05) is 15.9 Å². The van der Waals surface area contributed by atoms with E-state index in [1.165, 1.54) is 11.8 Å². The van der Waals surface area contributed by atoms with Crippen molar-refractivity contribution in [1.82, 2.24) is 0 Å². The number of thioether (sulfide) groups is 1. The van der Waals surface area contributed by atoms with Crippen LogP contribution < -0.4 is 11.1 Å². The van der Waals surface area contributed by atoms with Gasteiger partial charge >= 0.3 is 5.97 Å². The predicted octanol–water partition coefficient (Wildman–Crippen LogP) is 3.45. The van der Waals surface area contributed by atoms with Gasteiger partial charge in [0.15, 0.2) is 0 Å². The molecule has 1 unspecified atom stereocenters. The van der Waals surface area contributed by atoms with Crippen molar-refractivity contribution in [2.75, 3.05) is 16.8 Å². The van der Waals surface area contributed by atoms with Crippen LogP contribution in [0.3, 0.4) is 0 Å². The van der Waals surface area contributed by atoms with E-state index in [9.17, 15) is 9.59 Å². The van der Waals surface area contributed by atoms with Crippen LogP contribution in [-0.4, -0.2) is 34.5 Å². The highest BCUT2D eigenvalue weighted by atomic mass is 79.9. The Morgan fingerprint density at radius 2 is 1.86 bits per heavy atom. The van der Waals surface area contributed by atoms with Gasteiger partial charge in [-0.2, -0.15) is 11.8 Å². The number of carboxylic acid groups (broad SMARTS) is 1. The number of anilines is 1. The highest BCUT2D eigenvalue weighted by Crippen LogP contribution is 2.34. The van der Waals surface area contributed by atoms with Crippen LogP contribution in [0.2, 0.25) is 0 Å². The summed E-state index contributed by atoms with van der Waals surface area (Å²) in [4.78, 5) is 22.4. The maximum Gasteiger partial charge on any atom is 0.320 e. The summed E-state index contributed by atoms with van der Waals surface area (Å²) in [5.41, 5.74) is 6.04. The molecule has 21 heavy (non-hydrogen) atoms. The second-order valence-electron chi connectivity index (χ2n) is 4.08. The average Bonchev–Trinajstić information content (AvgIpc) is 2.38. The molecule has 9 heteroatoms. The first-order valence-corrected chi connectivity index (χ1v) is 9.35. The standard InChI is InChI=1S/C12H13Br3N2O3S/c13-6-3-7(14)11(8(15)4-6)17-10(18)5-21-2-1-9(16)12(19)20/h3-4,9H,1-2,5,16H2,(H,17,18)(H,19,20). The Kier molecular flexibility index (Phi) is 8.25. The third kappa shape index (κ3) is 6.68. The number of nitrogens with two attached hydrogens (primary N) is 1. The van der Waals surface area contributed by atoms with Crippen LogP contribution in [0.4, 0.5) is 5.69 Å². The third-order valence-electron chi connectivity index (χ3n) is 2.39. The molecule has 5 nitrogen and oxygen atoms in total. The van der Waals surface area contributed by atoms with Crippen molar-refractivity contribution in [2.45, 2.75) is 12.5 Å². The van der Waals surface area contributed by atoms with Crippen molar-refractivity contribution < 1.29 is 14.7 Å². The Labute approximate surface area is 151 Å². The molecule has 1 aromatic rings. The molecule has 0 radical (unpaired) electrons. The second-order valence-corrected chi connectivity index (χ2v) is 7.81. The summed E-state index contributed by atoms with van der Waals surface area (Å²) in [6, 6.07) is 2.79. The second kappa shape index (κ2) is 9.14. The fourth-order valence-corrected chi connectivity index (χ4v) is 4.62. The highest BCUT2D eigenvalue weighted by Gasteiger charge is 2.13. The maximum absolute atomic E-state index is 11.8. The number of benzene rings is 1. The topological polar surface area (TPSA) is 92.4 Å². The van der Waals surface area contributed by atoms with Gasteiger partial charge in [-0.25, -0.2) is 0 Å². The number of rotatable bonds is 7. The quantitative estimate of drug-likeness (QED) is 0.495. The first-order valence-electron chi connectivity index (χ1n) is 5.81. The lowest BCUT2D eigenvalue weighted by molar-refractivity contribution is -0.138. The molecule has 0 aromatic heterocycles. The summed E-state index contributed by atoms with van der Waals surface area (Å²) >= 11 is 11.5. The minimum absolute atomic E-state index is 0.160. The summed E-state index contributed by atoms with van der Waals surface area (Å²) in [6.07, 6.45) is 0.332. The van der Waals surface area contributed by atoms with Crippen LogP contribution >= 0.6 is 59.6 Å². The van der Waals surface area contributed by atoms with Gasteiger partial charge in [0.1, 0.15) is 6.04 Å². The van der Waals surface area contributed by atoms with Crippen molar-refractivity contribution in [3.63, 3.8) is 0 Å². The molecule has 0 heterocycles. The molecule has 0 saturated heterocycles. The van der Waals surface area contributed by atoms with Crippen molar-refractivity contribution >= 4 is 77.1 Å². The molecule has 0 aliphatic rings. The zero-order valence-electron chi connectivity index (χ0n) is 10.7. The summed E-state index contributed by atoms with van der Waals surface area (Å²) in [6.45, 7) is 0. The number of hydrogen-bond donors (Lipinski definition) is 3. The number of hydrogen-bond acceptors (Lipinski definition) is 4. The van der Waals surface area contributed by atoms with Crippen molar-refractivity contribution in [2.24, 2.45) is 5.73 Å². The number of carboxylic acids is 1. The predicted molar refractivity (Wildman–Crippen MR) is 95.7 cm³/mol. The zero-order valence-corrected chi connectivity index (χ0v) is 16.3. The highest BCUT2D eigenvalue weighted by molar-refractivity contribution is 9.11. The first-order chi connectivity index (χ1) is 9.81. The average molecular weight is 505 g/mol. The van der Waals surface area contributed by atoms with Crippen LogP contribution in [0.1, 0.15) is 6.42 Å². The van der Waals surface area contributed by atoms with Gasteiger partial charge in [-0.3, -0.25) is 9.59 Å². The molecule has 1 rings (SSSR count). The molecular formula is C12H13Br3N2O3S. The molecule has 0 bridgehead atoms. The van der Waals surface area contributed by atoms with Gasteiger partial charge in [0, 0.05) is 13.4 Å². The largest absolute Gasteiger partial charge is 0.480 e. The van der Waals surface area contributed by atoms with Gasteiger partial charge in [0.25, 0.3) is 0 Å². The smallest absolute Gasteiger partial charge is 0.320 e. The van der Waals surface area contributed by atoms with E-state index in [4.69, 9.17) is 10.8 Å². The number of aliphatic carboxylic acids is 1. The van der Waals surface area contributed by atoms with Crippen LogP contribution in [0, 0.1) is 0 Å². The summed E-state index contributed by atoms with van der Waals surface area (Å²) in [5.74, 6) is -0.430. The van der Waals surface area contributed by atoms with Crippen molar-refractivity contribution in [3.05, 3.63) is 25.6 Å². The van der Waals surface area contributed by atoms with Gasteiger partial charge in [0.05, 0.1) is 11.4 Å². The Bertz CT molecular complexity index is 519. The molecule has 4 N–H and O–H groups in total. The van der Waals surface area contributed by atoms with Crippen LogP contribution in [0.5, 0.6) is 0 Å². The molecule has 0 saturated carbocycles. The monoisotopic (exact) mass is 502 g/mol. The molecule has 1 amide bonds. The van der Waals surface area contributed by atoms with Crippen molar-refractivity contribution in [1.29, 1.82) is 0 Å². The van der Waals surface area contributed by atoms with E-state index in [2.05, 4.69) is 53.1 Å². The van der Waals surface area contributed by atoms with Gasteiger partial charge < -0.3 is 16.2 Å². The fraction of sp³-hybridized carbons (Fsp3) is 0.333. The van der Waals surface area contributed by atoms with E-state index in [1.807, 2.05) is 12.1 Å². The Morgan fingerprint density at radius 3 is 2.38 bits per heavy atom. The number of carbonyl (C=O) groups excluding carboxylic acids is 1. The van der Waals surface area contributed by atoms with E-state index < -0.39 is 12.0 Å². The van der Waals surface area contributed by atoms with E-state index in [0.717, 1.165) is 13.4 Å². The SMILES string of the molecule is NC(CCSCC(=O)Nc1c(Br)cc(Br)cc1Br)C(=O)O. The van der Waals surface area contributed by atoms with Gasteiger partial charge in [-0.05, 0) is 56.2 Å². The van der Waals surface area contributed by atoms with Crippen LogP contribution in [0.25, 0.3) is 0 Å². The minimum atomic E-state index is -1.03. The lowest BCUT2D eigenvalue weighted by Gasteiger charge is -2.10. The lowest BCUT2D eigenvalue weighted by Crippen LogP contribution is -2.30. The summed E-state index contributed by atoms with van der Waals surface area (Å²) in [7, 11) is 0. The summed E-state index contributed by atoms with van der Waals surface area (Å²) < 4.78 is 2.40. The van der Waals surface area contributed by atoms with Gasteiger partial charge in [0.2, 0.25) is 5.91 Å². The fourth-order valence-electron chi connectivity index (χ4n) is 1.34.